The van der Waals surface area contributed by atoms with Crippen LogP contribution in [0.4, 0.5) is 5.69 Å². The van der Waals surface area contributed by atoms with E-state index in [-0.39, 0.29) is 5.97 Å². The molecule has 3 aromatic rings. The molecule has 0 aliphatic carbocycles. The summed E-state index contributed by atoms with van der Waals surface area (Å²) in [4.78, 5) is 12.8. The van der Waals surface area contributed by atoms with Gasteiger partial charge in [-0.25, -0.2) is 4.79 Å². The first kappa shape index (κ1) is 17.3. The van der Waals surface area contributed by atoms with Gasteiger partial charge >= 0.3 is 5.97 Å². The molecular formula is C22H25NO2. The Morgan fingerprint density at radius 1 is 1.04 bits per heavy atom. The van der Waals surface area contributed by atoms with E-state index in [2.05, 4.69) is 36.5 Å². The van der Waals surface area contributed by atoms with Gasteiger partial charge in [0.2, 0.25) is 0 Å². The Kier molecular flexibility index (Phi) is 4.42. The van der Waals surface area contributed by atoms with Gasteiger partial charge in [0, 0.05) is 6.54 Å². The van der Waals surface area contributed by atoms with Crippen LogP contribution in [0.5, 0.6) is 0 Å². The van der Waals surface area contributed by atoms with Gasteiger partial charge in [-0.3, -0.25) is 0 Å². The van der Waals surface area contributed by atoms with Crippen molar-refractivity contribution in [3.8, 4) is 0 Å². The van der Waals surface area contributed by atoms with Gasteiger partial charge in [-0.05, 0) is 79.9 Å². The van der Waals surface area contributed by atoms with Crippen LogP contribution in [0.25, 0.3) is 21.5 Å². The van der Waals surface area contributed by atoms with E-state index >= 15 is 0 Å². The Balaban J connectivity index is 2.26. The normalized spacial score (nSPS) is 11.7. The lowest BCUT2D eigenvalue weighted by Crippen LogP contribution is -2.24. The summed E-state index contributed by atoms with van der Waals surface area (Å²) in [5.41, 5.74) is 2.01. The average Bonchev–Trinajstić information content (AvgIpc) is 2.54. The molecule has 3 heteroatoms. The van der Waals surface area contributed by atoms with Gasteiger partial charge in [0.05, 0.1) is 11.3 Å². The van der Waals surface area contributed by atoms with E-state index in [1.54, 1.807) is 0 Å². The molecule has 0 bridgehead atoms. The highest BCUT2D eigenvalue weighted by Gasteiger charge is 2.22. The predicted octanol–water partition coefficient (Wildman–Crippen LogP) is 5.69. The van der Waals surface area contributed by atoms with Crippen molar-refractivity contribution >= 4 is 33.2 Å². The number of esters is 1. The molecule has 1 N–H and O–H groups in total. The number of fused-ring (bicyclic) bond motifs is 2. The first-order valence-corrected chi connectivity index (χ1v) is 8.73. The number of carbonyl (C=O) groups is 1. The number of anilines is 1. The third-order valence-corrected chi connectivity index (χ3v) is 4.24. The lowest BCUT2D eigenvalue weighted by molar-refractivity contribution is 0.00708. The average molecular weight is 335 g/mol. The van der Waals surface area contributed by atoms with E-state index in [4.69, 9.17) is 4.74 Å². The quantitative estimate of drug-likeness (QED) is 0.494. The lowest BCUT2D eigenvalue weighted by Gasteiger charge is -2.22. The Morgan fingerprint density at radius 3 is 2.28 bits per heavy atom. The van der Waals surface area contributed by atoms with Gasteiger partial charge < -0.3 is 10.1 Å². The summed E-state index contributed by atoms with van der Waals surface area (Å²) >= 11 is 0. The van der Waals surface area contributed by atoms with Crippen LogP contribution < -0.4 is 5.32 Å². The maximum Gasteiger partial charge on any atom is 0.340 e. The Bertz CT molecular complexity index is 952. The summed E-state index contributed by atoms with van der Waals surface area (Å²) in [6.07, 6.45) is 0. The topological polar surface area (TPSA) is 38.3 Å². The maximum absolute atomic E-state index is 12.8. The summed E-state index contributed by atoms with van der Waals surface area (Å²) in [6, 6.07) is 14.6. The van der Waals surface area contributed by atoms with Crippen molar-refractivity contribution in [2.45, 2.75) is 40.2 Å². The van der Waals surface area contributed by atoms with Crippen molar-refractivity contribution in [2.75, 3.05) is 11.9 Å². The molecule has 0 aromatic heterocycles. The second-order valence-corrected chi connectivity index (χ2v) is 7.38. The van der Waals surface area contributed by atoms with Crippen LogP contribution in [0, 0.1) is 6.92 Å². The van der Waals surface area contributed by atoms with E-state index < -0.39 is 5.60 Å². The highest BCUT2D eigenvalue weighted by atomic mass is 16.6. The Morgan fingerprint density at radius 2 is 1.68 bits per heavy atom. The number of rotatable bonds is 3. The molecule has 0 heterocycles. The first-order valence-electron chi connectivity index (χ1n) is 8.73. The molecule has 3 nitrogen and oxygen atoms in total. The minimum absolute atomic E-state index is 0.290. The summed E-state index contributed by atoms with van der Waals surface area (Å²) in [7, 11) is 0. The zero-order valence-corrected chi connectivity index (χ0v) is 15.6. The van der Waals surface area contributed by atoms with Crippen LogP contribution in [0.1, 0.15) is 43.6 Å². The molecule has 0 radical (unpaired) electrons. The molecule has 0 unspecified atom stereocenters. The molecule has 130 valence electrons. The molecule has 3 aromatic carbocycles. The van der Waals surface area contributed by atoms with Crippen molar-refractivity contribution in [2.24, 2.45) is 0 Å². The molecule has 0 saturated carbocycles. The van der Waals surface area contributed by atoms with E-state index in [0.717, 1.165) is 28.6 Å². The lowest BCUT2D eigenvalue weighted by atomic mass is 9.95. The van der Waals surface area contributed by atoms with Crippen LogP contribution in [-0.4, -0.2) is 18.1 Å². The molecule has 0 aliphatic heterocycles. The minimum Gasteiger partial charge on any atom is -0.456 e. The number of ether oxygens (including phenoxy) is 1. The zero-order chi connectivity index (χ0) is 18.2. The predicted molar refractivity (Wildman–Crippen MR) is 106 cm³/mol. The molecule has 0 atom stereocenters. The molecule has 0 saturated heterocycles. The standard InChI is InChI=1S/C22H25NO2/c1-6-23-20-14(2)18-12-16-10-8-7-9-15(16)11-17(18)13-19(20)21(24)25-22(3,4)5/h7-13,23H,6H2,1-5H3. The number of hydrogen-bond donors (Lipinski definition) is 1. The van der Waals surface area contributed by atoms with Crippen LogP contribution >= 0.6 is 0 Å². The van der Waals surface area contributed by atoms with Crippen LogP contribution in [0.2, 0.25) is 0 Å². The fourth-order valence-corrected chi connectivity index (χ4v) is 3.17. The molecule has 0 fully saturated rings. The number of nitrogens with one attached hydrogen (secondary N) is 1. The molecule has 0 amide bonds. The van der Waals surface area contributed by atoms with Gasteiger partial charge in [-0.1, -0.05) is 24.3 Å². The third-order valence-electron chi connectivity index (χ3n) is 4.24. The number of carbonyl (C=O) groups excluding carboxylic acids is 1. The minimum atomic E-state index is -0.521. The monoisotopic (exact) mass is 335 g/mol. The van der Waals surface area contributed by atoms with Gasteiger partial charge in [0.15, 0.2) is 0 Å². The van der Waals surface area contributed by atoms with Gasteiger partial charge in [0.1, 0.15) is 5.60 Å². The van der Waals surface area contributed by atoms with E-state index in [1.807, 2.05) is 45.9 Å². The van der Waals surface area contributed by atoms with Crippen LogP contribution in [0.15, 0.2) is 42.5 Å². The van der Waals surface area contributed by atoms with E-state index in [1.165, 1.54) is 10.8 Å². The highest BCUT2D eigenvalue weighted by molar-refractivity contribution is 6.07. The van der Waals surface area contributed by atoms with Crippen LogP contribution in [0.3, 0.4) is 0 Å². The molecular weight excluding hydrogens is 310 g/mol. The van der Waals surface area contributed by atoms with Gasteiger partial charge in [-0.2, -0.15) is 0 Å². The molecule has 0 aliphatic rings. The van der Waals surface area contributed by atoms with E-state index in [9.17, 15) is 4.79 Å². The van der Waals surface area contributed by atoms with Gasteiger partial charge in [0.25, 0.3) is 0 Å². The zero-order valence-electron chi connectivity index (χ0n) is 15.6. The third kappa shape index (κ3) is 3.46. The first-order chi connectivity index (χ1) is 11.8. The molecule has 0 spiro atoms. The summed E-state index contributed by atoms with van der Waals surface area (Å²) in [5.74, 6) is -0.290. The fourth-order valence-electron chi connectivity index (χ4n) is 3.17. The van der Waals surface area contributed by atoms with Crippen molar-refractivity contribution in [1.29, 1.82) is 0 Å². The van der Waals surface area contributed by atoms with E-state index in [0.29, 0.717) is 5.56 Å². The summed E-state index contributed by atoms with van der Waals surface area (Å²) < 4.78 is 5.62. The fraction of sp³-hybridized carbons (Fsp3) is 0.318. The molecule has 3 rings (SSSR count). The second kappa shape index (κ2) is 6.40. The largest absolute Gasteiger partial charge is 0.456 e. The Labute approximate surface area is 149 Å². The van der Waals surface area contributed by atoms with Gasteiger partial charge in [-0.15, -0.1) is 0 Å². The number of aryl methyl sites for hydroxylation is 1. The van der Waals surface area contributed by atoms with Crippen molar-refractivity contribution in [1.82, 2.24) is 0 Å². The SMILES string of the molecule is CCNc1c(C(=O)OC(C)(C)C)cc2cc3ccccc3cc2c1C. The molecule has 25 heavy (non-hydrogen) atoms. The second-order valence-electron chi connectivity index (χ2n) is 7.38. The smallest absolute Gasteiger partial charge is 0.340 e. The number of hydrogen-bond acceptors (Lipinski definition) is 3. The van der Waals surface area contributed by atoms with Crippen molar-refractivity contribution < 1.29 is 9.53 Å². The van der Waals surface area contributed by atoms with Crippen molar-refractivity contribution in [3.63, 3.8) is 0 Å². The van der Waals surface area contributed by atoms with Crippen LogP contribution in [-0.2, 0) is 4.74 Å². The Hall–Kier alpha value is -2.55. The summed E-state index contributed by atoms with van der Waals surface area (Å²) in [5, 5.41) is 7.93. The van der Waals surface area contributed by atoms with Crippen molar-refractivity contribution in [3.05, 3.63) is 53.6 Å². The highest BCUT2D eigenvalue weighted by Crippen LogP contribution is 2.33. The summed E-state index contributed by atoms with van der Waals surface area (Å²) in [6.45, 7) is 10.5. The number of benzene rings is 3. The maximum atomic E-state index is 12.8.